The second-order valence-corrected chi connectivity index (χ2v) is 7.00. The van der Waals surface area contributed by atoms with Crippen LogP contribution in [0.15, 0.2) is 22.6 Å². The highest BCUT2D eigenvalue weighted by atomic mass is 32.2. The van der Waals surface area contributed by atoms with Gasteiger partial charge in [-0.05, 0) is 30.2 Å². The highest BCUT2D eigenvalue weighted by molar-refractivity contribution is 8.04. The van der Waals surface area contributed by atoms with E-state index in [1.54, 1.807) is 0 Å². The maximum Gasteiger partial charge on any atom is 0.306 e. The molecule has 3 heteroatoms. The molecule has 96 valence electrons. The predicted molar refractivity (Wildman–Crippen MR) is 74.0 cm³/mol. The van der Waals surface area contributed by atoms with Crippen LogP contribution in [0, 0.1) is 0 Å². The van der Waals surface area contributed by atoms with Gasteiger partial charge < -0.3 is 4.74 Å². The first-order valence-electron chi connectivity index (χ1n) is 6.15. The number of hydrogen-bond donors (Lipinski definition) is 0. The molecule has 1 rings (SSSR count). The molecule has 0 amide bonds. The summed E-state index contributed by atoms with van der Waals surface area (Å²) >= 11 is 1.90. The van der Waals surface area contributed by atoms with Crippen molar-refractivity contribution in [3.8, 4) is 0 Å². The number of rotatable bonds is 5. The fourth-order valence-corrected chi connectivity index (χ4v) is 2.92. The molecule has 17 heavy (non-hydrogen) atoms. The number of hydrogen-bond acceptors (Lipinski definition) is 3. The van der Waals surface area contributed by atoms with Crippen LogP contribution < -0.4 is 0 Å². The van der Waals surface area contributed by atoms with Gasteiger partial charge in [0.05, 0.1) is 6.61 Å². The lowest BCUT2D eigenvalue weighted by Gasteiger charge is -2.19. The largest absolute Gasteiger partial charge is 0.466 e. The zero-order valence-electron chi connectivity index (χ0n) is 11.2. The van der Waals surface area contributed by atoms with Crippen molar-refractivity contribution in [2.45, 2.75) is 51.7 Å². The van der Waals surface area contributed by atoms with Gasteiger partial charge in [-0.3, -0.25) is 4.79 Å². The Bertz CT molecular complexity index is 335. The average molecular weight is 254 g/mol. The lowest BCUT2D eigenvalue weighted by Crippen LogP contribution is -2.08. The molecule has 0 unspecified atom stereocenters. The van der Waals surface area contributed by atoms with E-state index >= 15 is 0 Å². The molecule has 0 fully saturated rings. The van der Waals surface area contributed by atoms with Crippen LogP contribution in [0.2, 0.25) is 0 Å². The predicted octanol–water partition coefficient (Wildman–Crippen LogP) is 4.08. The van der Waals surface area contributed by atoms with Crippen molar-refractivity contribution in [3.63, 3.8) is 0 Å². The molecule has 0 saturated carbocycles. The number of carbonyl (C=O) groups is 1. The zero-order valence-corrected chi connectivity index (χ0v) is 12.0. The summed E-state index contributed by atoms with van der Waals surface area (Å²) in [5, 5.41) is 0. The molecule has 0 aliphatic heterocycles. The first-order valence-corrected chi connectivity index (χ1v) is 6.97. The Balaban J connectivity index is 2.52. The normalized spacial score (nSPS) is 15.5. The van der Waals surface area contributed by atoms with Gasteiger partial charge in [-0.25, -0.2) is 0 Å². The Kier molecular flexibility index (Phi) is 5.31. The van der Waals surface area contributed by atoms with Crippen LogP contribution in [0.25, 0.3) is 0 Å². The lowest BCUT2D eigenvalue weighted by molar-refractivity contribution is -0.143. The minimum Gasteiger partial charge on any atom is -0.466 e. The third kappa shape index (κ3) is 5.44. The molecule has 1 aliphatic rings. The molecular formula is C14H22O2S. The number of allylic oxidation sites excluding steroid dienone is 4. The molecule has 0 aromatic rings. The first-order chi connectivity index (χ1) is 7.92. The van der Waals surface area contributed by atoms with E-state index in [0.717, 1.165) is 12.8 Å². The van der Waals surface area contributed by atoms with Gasteiger partial charge in [-0.15, -0.1) is 11.8 Å². The third-order valence-corrected chi connectivity index (χ3v) is 3.60. The van der Waals surface area contributed by atoms with Crippen LogP contribution in [0.4, 0.5) is 0 Å². The van der Waals surface area contributed by atoms with Crippen molar-refractivity contribution < 1.29 is 9.53 Å². The topological polar surface area (TPSA) is 26.3 Å². The molecule has 0 saturated heterocycles. The SMILES string of the molecule is CCOC(=O)CCC1=C(SC(C)(C)C)CC=C1. The van der Waals surface area contributed by atoms with Crippen molar-refractivity contribution >= 4 is 17.7 Å². The third-order valence-electron chi connectivity index (χ3n) is 2.31. The minimum absolute atomic E-state index is 0.0968. The summed E-state index contributed by atoms with van der Waals surface area (Å²) in [6, 6.07) is 0. The van der Waals surface area contributed by atoms with Crippen molar-refractivity contribution in [3.05, 3.63) is 22.6 Å². The van der Waals surface area contributed by atoms with Crippen molar-refractivity contribution in [1.29, 1.82) is 0 Å². The Labute approximate surface area is 108 Å². The van der Waals surface area contributed by atoms with Gasteiger partial charge in [0, 0.05) is 11.2 Å². The van der Waals surface area contributed by atoms with E-state index in [1.165, 1.54) is 10.5 Å². The van der Waals surface area contributed by atoms with E-state index in [2.05, 4.69) is 32.9 Å². The summed E-state index contributed by atoms with van der Waals surface area (Å²) in [4.78, 5) is 12.7. The van der Waals surface area contributed by atoms with Crippen molar-refractivity contribution in [2.75, 3.05) is 6.61 Å². The second-order valence-electron chi connectivity index (χ2n) is 5.07. The molecule has 0 bridgehead atoms. The fraction of sp³-hybridized carbons (Fsp3) is 0.643. The summed E-state index contributed by atoms with van der Waals surface area (Å²) in [5.74, 6) is -0.0968. The Hall–Kier alpha value is -0.700. The van der Waals surface area contributed by atoms with Crippen LogP contribution in [0.3, 0.4) is 0 Å². The maximum atomic E-state index is 11.3. The summed E-state index contributed by atoms with van der Waals surface area (Å²) in [7, 11) is 0. The van der Waals surface area contributed by atoms with Crippen molar-refractivity contribution in [2.24, 2.45) is 0 Å². The Morgan fingerprint density at radius 2 is 2.18 bits per heavy atom. The van der Waals surface area contributed by atoms with E-state index in [0.29, 0.717) is 13.0 Å². The monoisotopic (exact) mass is 254 g/mol. The average Bonchev–Trinajstić information content (AvgIpc) is 2.60. The van der Waals surface area contributed by atoms with E-state index in [9.17, 15) is 4.79 Å². The number of esters is 1. The van der Waals surface area contributed by atoms with E-state index < -0.39 is 0 Å². The first kappa shape index (κ1) is 14.4. The molecule has 0 spiro atoms. The van der Waals surface area contributed by atoms with Crippen LogP contribution in [-0.2, 0) is 9.53 Å². The molecule has 0 N–H and O–H groups in total. The van der Waals surface area contributed by atoms with Crippen LogP contribution in [0.1, 0.15) is 47.0 Å². The van der Waals surface area contributed by atoms with Gasteiger partial charge in [-0.2, -0.15) is 0 Å². The quantitative estimate of drug-likeness (QED) is 0.692. The van der Waals surface area contributed by atoms with E-state index in [-0.39, 0.29) is 10.7 Å². The summed E-state index contributed by atoms with van der Waals surface area (Å²) in [6.07, 6.45) is 6.62. The van der Waals surface area contributed by atoms with Crippen molar-refractivity contribution in [1.82, 2.24) is 0 Å². The van der Waals surface area contributed by atoms with Crippen LogP contribution in [-0.4, -0.2) is 17.3 Å². The summed E-state index contributed by atoms with van der Waals surface area (Å²) < 4.78 is 5.18. The molecular weight excluding hydrogens is 232 g/mol. The maximum absolute atomic E-state index is 11.3. The molecule has 0 radical (unpaired) electrons. The summed E-state index contributed by atoms with van der Waals surface area (Å²) in [5.41, 5.74) is 1.30. The molecule has 0 heterocycles. The van der Waals surface area contributed by atoms with Gasteiger partial charge in [0.1, 0.15) is 0 Å². The number of ether oxygens (including phenoxy) is 1. The number of thioether (sulfide) groups is 1. The Morgan fingerprint density at radius 1 is 1.47 bits per heavy atom. The summed E-state index contributed by atoms with van der Waals surface area (Å²) in [6.45, 7) is 8.95. The fourth-order valence-electron chi connectivity index (χ4n) is 1.70. The van der Waals surface area contributed by atoms with E-state index in [1.807, 2.05) is 18.7 Å². The van der Waals surface area contributed by atoms with Crippen LogP contribution in [0.5, 0.6) is 0 Å². The molecule has 0 atom stereocenters. The second kappa shape index (κ2) is 6.29. The smallest absolute Gasteiger partial charge is 0.306 e. The zero-order chi connectivity index (χ0) is 12.9. The van der Waals surface area contributed by atoms with Gasteiger partial charge >= 0.3 is 5.97 Å². The van der Waals surface area contributed by atoms with Gasteiger partial charge in [0.2, 0.25) is 0 Å². The highest BCUT2D eigenvalue weighted by Crippen LogP contribution is 2.39. The molecule has 1 aliphatic carbocycles. The number of carbonyl (C=O) groups excluding carboxylic acids is 1. The molecule has 0 aromatic heterocycles. The highest BCUT2D eigenvalue weighted by Gasteiger charge is 2.18. The minimum atomic E-state index is -0.0968. The van der Waals surface area contributed by atoms with Gasteiger partial charge in [0.15, 0.2) is 0 Å². The van der Waals surface area contributed by atoms with Gasteiger partial charge in [-0.1, -0.05) is 32.9 Å². The van der Waals surface area contributed by atoms with Crippen LogP contribution >= 0.6 is 11.8 Å². The Morgan fingerprint density at radius 3 is 2.76 bits per heavy atom. The standard InChI is InChI=1S/C14H22O2S/c1-5-16-13(15)10-9-11-7-6-8-12(11)17-14(2,3)4/h6-7H,5,8-10H2,1-4H3. The molecule has 2 nitrogen and oxygen atoms in total. The lowest BCUT2D eigenvalue weighted by atomic mass is 10.1. The van der Waals surface area contributed by atoms with Gasteiger partial charge in [0.25, 0.3) is 0 Å². The van der Waals surface area contributed by atoms with E-state index in [4.69, 9.17) is 4.74 Å². The molecule has 0 aromatic carbocycles.